The molecular formula is C21H34O2Si. The molecule has 1 aliphatic heterocycles. The Morgan fingerprint density at radius 2 is 1.50 bits per heavy atom. The van der Waals surface area contributed by atoms with Crippen molar-refractivity contribution in [3.63, 3.8) is 0 Å². The topological polar surface area (TPSA) is 18.5 Å². The molecule has 0 aliphatic carbocycles. The molecule has 1 aromatic rings. The van der Waals surface area contributed by atoms with Gasteiger partial charge < -0.3 is 9.16 Å². The van der Waals surface area contributed by atoms with Gasteiger partial charge in [-0.25, -0.2) is 0 Å². The maximum Gasteiger partial charge on any atom is 0.258 e. The Morgan fingerprint density at radius 1 is 0.958 bits per heavy atom. The summed E-state index contributed by atoms with van der Waals surface area (Å²) in [7, 11) is -1.91. The normalized spacial score (nSPS) is 22.2. The molecule has 0 saturated carbocycles. The predicted octanol–water partition coefficient (Wildman–Crippen LogP) is 6.47. The van der Waals surface area contributed by atoms with Crippen molar-refractivity contribution in [2.24, 2.45) is 5.92 Å². The highest BCUT2D eigenvalue weighted by Gasteiger charge is 2.48. The fraction of sp³-hybridized carbons (Fsp3) is 0.619. The van der Waals surface area contributed by atoms with E-state index in [9.17, 15) is 0 Å². The van der Waals surface area contributed by atoms with Crippen molar-refractivity contribution < 1.29 is 9.16 Å². The van der Waals surface area contributed by atoms with Crippen LogP contribution in [0.1, 0.15) is 60.1 Å². The first-order valence-corrected chi connectivity index (χ1v) is 11.5. The average Bonchev–Trinajstić information content (AvgIpc) is 2.53. The standard InChI is InChI=1S/C21H34O2Si/c1-15(2)24(16(3)4,17(5)6)23-20-13-14-22-21(18(20)7)19-11-9-8-10-12-19/h8-13,15-18,21H,14H2,1-7H3/t18-,21-/m1/s1. The average molecular weight is 347 g/mol. The summed E-state index contributed by atoms with van der Waals surface area (Å²) in [5, 5.41) is 0. The van der Waals surface area contributed by atoms with Crippen LogP contribution in [0.3, 0.4) is 0 Å². The maximum atomic E-state index is 6.95. The molecule has 1 aliphatic rings. The second-order valence-electron chi connectivity index (χ2n) is 7.98. The van der Waals surface area contributed by atoms with E-state index in [4.69, 9.17) is 9.16 Å². The van der Waals surface area contributed by atoms with Gasteiger partial charge in [-0.3, -0.25) is 0 Å². The van der Waals surface area contributed by atoms with Gasteiger partial charge >= 0.3 is 0 Å². The molecule has 2 rings (SSSR count). The molecule has 0 unspecified atom stereocenters. The van der Waals surface area contributed by atoms with Crippen molar-refractivity contribution in [1.82, 2.24) is 0 Å². The van der Waals surface area contributed by atoms with Crippen LogP contribution in [-0.2, 0) is 9.16 Å². The molecule has 2 nitrogen and oxygen atoms in total. The van der Waals surface area contributed by atoms with Crippen molar-refractivity contribution in [2.45, 2.75) is 71.2 Å². The third-order valence-corrected chi connectivity index (χ3v) is 11.6. The minimum atomic E-state index is -1.91. The Hall–Kier alpha value is -1.06. The molecule has 0 N–H and O–H groups in total. The van der Waals surface area contributed by atoms with Crippen molar-refractivity contribution in [3.05, 3.63) is 47.7 Å². The van der Waals surface area contributed by atoms with Gasteiger partial charge in [-0.2, -0.15) is 0 Å². The molecule has 0 aromatic heterocycles. The Bertz CT molecular complexity index is 526. The number of hydrogen-bond acceptors (Lipinski definition) is 2. The van der Waals surface area contributed by atoms with Gasteiger partial charge in [-0.15, -0.1) is 0 Å². The van der Waals surface area contributed by atoms with Gasteiger partial charge in [0.05, 0.1) is 18.5 Å². The van der Waals surface area contributed by atoms with Crippen LogP contribution >= 0.6 is 0 Å². The first-order valence-electron chi connectivity index (χ1n) is 9.36. The van der Waals surface area contributed by atoms with Crippen molar-refractivity contribution >= 4 is 8.32 Å². The zero-order valence-corrected chi connectivity index (χ0v) is 17.4. The smallest absolute Gasteiger partial charge is 0.258 e. The van der Waals surface area contributed by atoms with Crippen molar-refractivity contribution in [3.8, 4) is 0 Å². The van der Waals surface area contributed by atoms with Gasteiger partial charge in [-0.05, 0) is 28.3 Å². The fourth-order valence-corrected chi connectivity index (χ4v) is 9.82. The van der Waals surface area contributed by atoms with Crippen LogP contribution < -0.4 is 0 Å². The summed E-state index contributed by atoms with van der Waals surface area (Å²) < 4.78 is 13.0. The van der Waals surface area contributed by atoms with Crippen LogP contribution in [0.4, 0.5) is 0 Å². The fourth-order valence-electron chi connectivity index (χ4n) is 4.43. The molecule has 2 atom stereocenters. The lowest BCUT2D eigenvalue weighted by atomic mass is 9.94. The lowest BCUT2D eigenvalue weighted by Crippen LogP contribution is -2.48. The van der Waals surface area contributed by atoms with E-state index in [2.05, 4.69) is 84.9 Å². The number of benzene rings is 1. The van der Waals surface area contributed by atoms with E-state index in [1.807, 2.05) is 0 Å². The molecule has 1 heterocycles. The van der Waals surface area contributed by atoms with Gasteiger partial charge in [0.2, 0.25) is 0 Å². The SMILES string of the molecule is CC(C)[Si](OC1=CCO[C@@H](c2ccccc2)[C@@H]1C)(C(C)C)C(C)C. The molecule has 0 radical (unpaired) electrons. The van der Waals surface area contributed by atoms with Crippen LogP contribution in [0.25, 0.3) is 0 Å². The third kappa shape index (κ3) is 3.62. The maximum absolute atomic E-state index is 6.95. The predicted molar refractivity (Wildman–Crippen MR) is 105 cm³/mol. The first kappa shape index (κ1) is 19.3. The minimum Gasteiger partial charge on any atom is -0.546 e. The molecule has 1 aromatic carbocycles. The van der Waals surface area contributed by atoms with Crippen molar-refractivity contribution in [1.29, 1.82) is 0 Å². The second kappa shape index (κ2) is 7.88. The van der Waals surface area contributed by atoms with Crippen molar-refractivity contribution in [2.75, 3.05) is 6.61 Å². The van der Waals surface area contributed by atoms with E-state index in [0.29, 0.717) is 23.2 Å². The van der Waals surface area contributed by atoms with Gasteiger partial charge in [0.15, 0.2) is 0 Å². The summed E-state index contributed by atoms with van der Waals surface area (Å²) in [5.74, 6) is 1.40. The van der Waals surface area contributed by atoms with E-state index < -0.39 is 8.32 Å². The van der Waals surface area contributed by atoms with Crippen LogP contribution in [0.2, 0.25) is 16.6 Å². The summed E-state index contributed by atoms with van der Waals surface area (Å²) in [6, 6.07) is 10.5. The minimum absolute atomic E-state index is 0.0874. The third-order valence-electron chi connectivity index (χ3n) is 5.59. The number of rotatable bonds is 6. The first-order chi connectivity index (χ1) is 11.3. The van der Waals surface area contributed by atoms with Gasteiger partial charge in [-0.1, -0.05) is 78.8 Å². The van der Waals surface area contributed by atoms with Crippen LogP contribution in [0.5, 0.6) is 0 Å². The summed E-state index contributed by atoms with van der Waals surface area (Å²) in [4.78, 5) is 0. The van der Waals surface area contributed by atoms with Crippen LogP contribution in [0.15, 0.2) is 42.2 Å². The van der Waals surface area contributed by atoms with Gasteiger partial charge in [0, 0.05) is 5.92 Å². The molecule has 3 heteroatoms. The van der Waals surface area contributed by atoms with Crippen LogP contribution in [-0.4, -0.2) is 14.9 Å². The second-order valence-corrected chi connectivity index (χ2v) is 13.4. The molecule has 0 bridgehead atoms. The van der Waals surface area contributed by atoms with Crippen LogP contribution in [0, 0.1) is 5.92 Å². The molecule has 134 valence electrons. The Morgan fingerprint density at radius 3 is 2.00 bits per heavy atom. The highest BCUT2D eigenvalue weighted by Crippen LogP contribution is 2.46. The van der Waals surface area contributed by atoms with E-state index in [-0.39, 0.29) is 12.0 Å². The highest BCUT2D eigenvalue weighted by atomic mass is 28.4. The zero-order chi connectivity index (χ0) is 17.9. The molecule has 0 amide bonds. The van der Waals surface area contributed by atoms with E-state index in [1.165, 1.54) is 5.56 Å². The molecule has 0 fully saturated rings. The lowest BCUT2D eigenvalue weighted by Gasteiger charge is -2.45. The van der Waals surface area contributed by atoms with Gasteiger partial charge in [0.1, 0.15) is 0 Å². The quantitative estimate of drug-likeness (QED) is 0.549. The Kier molecular flexibility index (Phi) is 6.32. The van der Waals surface area contributed by atoms with E-state index in [1.54, 1.807) is 0 Å². The molecular weight excluding hydrogens is 312 g/mol. The number of ether oxygens (including phenoxy) is 1. The Labute approximate surface area is 149 Å². The van der Waals surface area contributed by atoms with Gasteiger partial charge in [0.25, 0.3) is 8.32 Å². The zero-order valence-electron chi connectivity index (χ0n) is 16.4. The lowest BCUT2D eigenvalue weighted by molar-refractivity contribution is 0.0155. The summed E-state index contributed by atoms with van der Waals surface area (Å²) >= 11 is 0. The molecule has 0 spiro atoms. The molecule has 24 heavy (non-hydrogen) atoms. The largest absolute Gasteiger partial charge is 0.546 e. The summed E-state index contributed by atoms with van der Waals surface area (Å²) in [6.07, 6.45) is 2.25. The monoisotopic (exact) mass is 346 g/mol. The molecule has 0 saturated heterocycles. The summed E-state index contributed by atoms with van der Waals surface area (Å²) in [6.45, 7) is 16.9. The van der Waals surface area contributed by atoms with E-state index >= 15 is 0 Å². The summed E-state index contributed by atoms with van der Waals surface area (Å²) in [5.41, 5.74) is 3.00. The Balaban J connectivity index is 2.29. The highest BCUT2D eigenvalue weighted by molar-refractivity contribution is 6.77. The van der Waals surface area contributed by atoms with E-state index in [0.717, 1.165) is 5.76 Å². The number of hydrogen-bond donors (Lipinski definition) is 0.